The minimum atomic E-state index is -0.900. The number of hydrogen-bond acceptors (Lipinski definition) is 4. The number of ether oxygens (including phenoxy) is 1. The van der Waals surface area contributed by atoms with Crippen LogP contribution in [0.4, 0.5) is 0 Å². The van der Waals surface area contributed by atoms with Crippen molar-refractivity contribution in [3.8, 4) is 0 Å². The summed E-state index contributed by atoms with van der Waals surface area (Å²) in [6.45, 7) is 3.36. The van der Waals surface area contributed by atoms with Crippen molar-refractivity contribution in [2.24, 2.45) is 5.92 Å². The molecule has 2 rings (SSSR count). The third-order valence-corrected chi connectivity index (χ3v) is 4.79. The van der Waals surface area contributed by atoms with Crippen LogP contribution in [0.3, 0.4) is 0 Å². The van der Waals surface area contributed by atoms with E-state index in [2.05, 4.69) is 36.5 Å². The number of carbonyl (C=O) groups is 2. The Morgan fingerprint density at radius 1 is 1.30 bits per heavy atom. The smallest absolute Gasteiger partial charge is 0.313 e. The van der Waals surface area contributed by atoms with E-state index in [4.69, 9.17) is 9.84 Å². The fourth-order valence-electron chi connectivity index (χ4n) is 2.70. The van der Waals surface area contributed by atoms with Crippen molar-refractivity contribution in [2.75, 3.05) is 24.7 Å². The molecule has 0 saturated carbocycles. The first-order chi connectivity index (χ1) is 11.1. The highest BCUT2D eigenvalue weighted by Crippen LogP contribution is 2.33. The number of carbonyl (C=O) groups excluding carboxylic acids is 1. The molecule has 1 fully saturated rings. The Kier molecular flexibility index (Phi) is 6.92. The maximum Gasteiger partial charge on any atom is 0.313 e. The molecule has 1 heterocycles. The summed E-state index contributed by atoms with van der Waals surface area (Å²) in [6, 6.07) is 8.32. The van der Waals surface area contributed by atoms with Gasteiger partial charge >= 0.3 is 5.97 Å². The van der Waals surface area contributed by atoms with E-state index in [0.717, 1.165) is 36.8 Å². The maximum absolute atomic E-state index is 11.8. The molecule has 6 heteroatoms. The van der Waals surface area contributed by atoms with Gasteiger partial charge in [0, 0.05) is 19.1 Å². The summed E-state index contributed by atoms with van der Waals surface area (Å²) in [7, 11) is 0. The quantitative estimate of drug-likeness (QED) is 0.799. The van der Waals surface area contributed by atoms with Gasteiger partial charge in [0.05, 0.1) is 17.6 Å². The molecule has 1 amide bonds. The van der Waals surface area contributed by atoms with Crippen LogP contribution in [0.1, 0.15) is 30.1 Å². The molecule has 1 saturated heterocycles. The van der Waals surface area contributed by atoms with Crippen molar-refractivity contribution < 1.29 is 19.4 Å². The van der Waals surface area contributed by atoms with Gasteiger partial charge in [-0.2, -0.15) is 0 Å². The first kappa shape index (κ1) is 17.8. The molecule has 23 heavy (non-hydrogen) atoms. The zero-order valence-electron chi connectivity index (χ0n) is 13.3. The van der Waals surface area contributed by atoms with E-state index in [1.54, 1.807) is 0 Å². The Morgan fingerprint density at radius 3 is 2.74 bits per heavy atom. The van der Waals surface area contributed by atoms with Gasteiger partial charge in [-0.1, -0.05) is 29.8 Å². The fourth-order valence-corrected chi connectivity index (χ4v) is 3.27. The van der Waals surface area contributed by atoms with Crippen LogP contribution in [0.2, 0.25) is 0 Å². The molecule has 2 unspecified atom stereocenters. The topological polar surface area (TPSA) is 75.6 Å². The van der Waals surface area contributed by atoms with Gasteiger partial charge in [0.2, 0.25) is 5.91 Å². The number of thioether (sulfide) groups is 1. The summed E-state index contributed by atoms with van der Waals surface area (Å²) in [5.74, 6) is -0.645. The number of nitrogens with one attached hydrogen (secondary N) is 1. The van der Waals surface area contributed by atoms with Crippen molar-refractivity contribution in [1.82, 2.24) is 5.32 Å². The number of carboxylic acid groups (broad SMARTS) is 1. The summed E-state index contributed by atoms with van der Waals surface area (Å²) in [5, 5.41) is 11.5. The Labute approximate surface area is 140 Å². The molecule has 2 N–H and O–H groups in total. The van der Waals surface area contributed by atoms with E-state index in [-0.39, 0.29) is 29.4 Å². The predicted octanol–water partition coefficient (Wildman–Crippen LogP) is 2.40. The van der Waals surface area contributed by atoms with Crippen LogP contribution in [0.15, 0.2) is 24.3 Å². The highest BCUT2D eigenvalue weighted by molar-refractivity contribution is 8.00. The summed E-state index contributed by atoms with van der Waals surface area (Å²) in [5.41, 5.74) is 2.36. The van der Waals surface area contributed by atoms with Crippen molar-refractivity contribution in [1.29, 1.82) is 0 Å². The third kappa shape index (κ3) is 5.88. The largest absolute Gasteiger partial charge is 0.481 e. The first-order valence-corrected chi connectivity index (χ1v) is 8.96. The van der Waals surface area contributed by atoms with E-state index in [1.165, 1.54) is 5.56 Å². The summed E-state index contributed by atoms with van der Waals surface area (Å²) in [4.78, 5) is 22.2. The normalized spacial score (nSPS) is 20.9. The van der Waals surface area contributed by atoms with Crippen LogP contribution in [0.25, 0.3) is 0 Å². The standard InChI is InChI=1S/C17H23NO4S/c1-12-4-6-13(7-5-12)17-14(3-2-8-22-17)9-18-15(19)10-23-11-16(20)21/h4-7,14,17H,2-3,8-11H2,1H3,(H,18,19)(H,20,21). The van der Waals surface area contributed by atoms with Gasteiger partial charge in [-0.15, -0.1) is 11.8 Å². The lowest BCUT2D eigenvalue weighted by Gasteiger charge is -2.32. The van der Waals surface area contributed by atoms with Crippen molar-refractivity contribution >= 4 is 23.6 Å². The molecule has 1 aliphatic rings. The van der Waals surface area contributed by atoms with Crippen LogP contribution >= 0.6 is 11.8 Å². The Morgan fingerprint density at radius 2 is 2.04 bits per heavy atom. The Bertz CT molecular complexity index is 532. The van der Waals surface area contributed by atoms with Crippen LogP contribution < -0.4 is 5.32 Å². The Hall–Kier alpha value is -1.53. The highest BCUT2D eigenvalue weighted by atomic mass is 32.2. The lowest BCUT2D eigenvalue weighted by molar-refractivity contribution is -0.133. The number of hydrogen-bond donors (Lipinski definition) is 2. The average molecular weight is 337 g/mol. The monoisotopic (exact) mass is 337 g/mol. The van der Waals surface area contributed by atoms with Gasteiger partial charge < -0.3 is 15.2 Å². The molecular weight excluding hydrogens is 314 g/mol. The maximum atomic E-state index is 11.8. The second kappa shape index (κ2) is 8.93. The molecule has 0 aromatic heterocycles. The molecule has 126 valence electrons. The van der Waals surface area contributed by atoms with Crippen LogP contribution in [0, 0.1) is 12.8 Å². The zero-order valence-corrected chi connectivity index (χ0v) is 14.1. The van der Waals surface area contributed by atoms with E-state index >= 15 is 0 Å². The van der Waals surface area contributed by atoms with Gasteiger partial charge in [-0.05, 0) is 25.3 Å². The highest BCUT2D eigenvalue weighted by Gasteiger charge is 2.27. The van der Waals surface area contributed by atoms with Crippen LogP contribution in [0.5, 0.6) is 0 Å². The molecule has 1 aliphatic heterocycles. The number of carboxylic acids is 1. The first-order valence-electron chi connectivity index (χ1n) is 7.80. The number of aryl methyl sites for hydroxylation is 1. The second-order valence-corrected chi connectivity index (χ2v) is 6.78. The van der Waals surface area contributed by atoms with Gasteiger partial charge in [0.15, 0.2) is 0 Å². The SMILES string of the molecule is Cc1ccc(C2OCCCC2CNC(=O)CSCC(=O)O)cc1. The van der Waals surface area contributed by atoms with Crippen LogP contribution in [-0.4, -0.2) is 41.6 Å². The van der Waals surface area contributed by atoms with E-state index < -0.39 is 5.97 Å². The zero-order chi connectivity index (χ0) is 16.7. The van der Waals surface area contributed by atoms with Gasteiger partial charge in [-0.25, -0.2) is 0 Å². The summed E-state index contributed by atoms with van der Waals surface area (Å²) >= 11 is 1.11. The molecule has 1 aromatic rings. The van der Waals surface area contributed by atoms with Gasteiger partial charge in [0.1, 0.15) is 0 Å². The molecule has 0 spiro atoms. The molecule has 5 nitrogen and oxygen atoms in total. The van der Waals surface area contributed by atoms with Gasteiger partial charge in [-0.3, -0.25) is 9.59 Å². The third-order valence-electron chi connectivity index (χ3n) is 3.87. The molecule has 0 radical (unpaired) electrons. The molecule has 1 aromatic carbocycles. The predicted molar refractivity (Wildman–Crippen MR) is 90.6 cm³/mol. The molecule has 0 aliphatic carbocycles. The molecular formula is C17H23NO4S. The summed E-state index contributed by atoms with van der Waals surface area (Å²) < 4.78 is 5.93. The minimum Gasteiger partial charge on any atom is -0.481 e. The van der Waals surface area contributed by atoms with E-state index in [0.29, 0.717) is 6.54 Å². The summed E-state index contributed by atoms with van der Waals surface area (Å²) in [6.07, 6.45) is 2.02. The lowest BCUT2D eigenvalue weighted by Crippen LogP contribution is -2.36. The number of amides is 1. The van der Waals surface area contributed by atoms with Gasteiger partial charge in [0.25, 0.3) is 0 Å². The Balaban J connectivity index is 1.85. The molecule has 2 atom stereocenters. The van der Waals surface area contributed by atoms with E-state index in [1.807, 2.05) is 0 Å². The number of benzene rings is 1. The number of rotatable bonds is 7. The second-order valence-electron chi connectivity index (χ2n) is 5.79. The average Bonchev–Trinajstić information content (AvgIpc) is 2.54. The molecule has 0 bridgehead atoms. The fraction of sp³-hybridized carbons (Fsp3) is 0.529. The number of aliphatic carboxylic acids is 1. The van der Waals surface area contributed by atoms with Crippen LogP contribution in [-0.2, 0) is 14.3 Å². The van der Waals surface area contributed by atoms with Crippen molar-refractivity contribution in [3.63, 3.8) is 0 Å². The van der Waals surface area contributed by atoms with E-state index in [9.17, 15) is 9.59 Å². The van der Waals surface area contributed by atoms with Crippen molar-refractivity contribution in [2.45, 2.75) is 25.9 Å². The lowest BCUT2D eigenvalue weighted by atomic mass is 9.89. The van der Waals surface area contributed by atoms with Crippen molar-refractivity contribution in [3.05, 3.63) is 35.4 Å². The minimum absolute atomic E-state index is 0.0105.